The molecule has 0 amide bonds. The quantitative estimate of drug-likeness (QED) is 0.655. The van der Waals surface area contributed by atoms with Crippen LogP contribution in [0.3, 0.4) is 0 Å². The Labute approximate surface area is 169 Å². The van der Waals surface area contributed by atoms with Crippen LogP contribution in [0.1, 0.15) is 5.56 Å². The van der Waals surface area contributed by atoms with Crippen LogP contribution in [0, 0.1) is 0 Å². The van der Waals surface area contributed by atoms with Gasteiger partial charge >= 0.3 is 12.1 Å². The number of anilines is 2. The summed E-state index contributed by atoms with van der Waals surface area (Å²) in [5.74, 6) is -0.389. The molecule has 0 saturated carbocycles. The fraction of sp³-hybridized carbons (Fsp3) is 0.200. The molecule has 0 fully saturated rings. The van der Waals surface area contributed by atoms with Gasteiger partial charge in [0.2, 0.25) is 0 Å². The summed E-state index contributed by atoms with van der Waals surface area (Å²) >= 11 is 0. The van der Waals surface area contributed by atoms with Gasteiger partial charge in [0.1, 0.15) is 11.6 Å². The summed E-state index contributed by atoms with van der Waals surface area (Å²) in [6, 6.07) is 15.6. The number of hydrazone groups is 1. The average molecular weight is 417 g/mol. The Morgan fingerprint density at radius 3 is 2.73 bits per heavy atom. The molecule has 1 aliphatic heterocycles. The first-order valence-corrected chi connectivity index (χ1v) is 8.97. The van der Waals surface area contributed by atoms with E-state index < -0.39 is 18.4 Å². The standard InChI is InChI=1S/C20H18F3N5O2/c1-29-16-5-3-2-4-13(16)11-28-19(30-18(27-28)20(21,22)23)25-14-7-8-15-12(10-14)6-9-17(24)26-15/h2-10,19,25H,11H2,1H3,(H2,24,26). The summed E-state index contributed by atoms with van der Waals surface area (Å²) in [5.41, 5.74) is 7.56. The van der Waals surface area contributed by atoms with E-state index >= 15 is 0 Å². The number of hydrogen-bond acceptors (Lipinski definition) is 7. The van der Waals surface area contributed by atoms with E-state index in [1.807, 2.05) is 0 Å². The molecule has 0 aliphatic carbocycles. The lowest BCUT2D eigenvalue weighted by Gasteiger charge is -2.24. The van der Waals surface area contributed by atoms with E-state index in [1.165, 1.54) is 12.1 Å². The lowest BCUT2D eigenvalue weighted by atomic mass is 10.2. The monoisotopic (exact) mass is 417 g/mol. The summed E-state index contributed by atoms with van der Waals surface area (Å²) in [7, 11) is 1.50. The van der Waals surface area contributed by atoms with E-state index in [1.54, 1.807) is 54.6 Å². The van der Waals surface area contributed by atoms with Crippen LogP contribution in [0.15, 0.2) is 59.7 Å². The molecule has 4 rings (SSSR count). The number of nitrogens with one attached hydrogen (secondary N) is 1. The molecule has 3 N–H and O–H groups in total. The van der Waals surface area contributed by atoms with Gasteiger partial charge in [-0.3, -0.25) is 0 Å². The number of aromatic nitrogens is 1. The van der Waals surface area contributed by atoms with Gasteiger partial charge in [-0.25, -0.2) is 9.99 Å². The minimum atomic E-state index is -4.71. The average Bonchev–Trinajstić information content (AvgIpc) is 3.11. The number of para-hydroxylation sites is 1. The Morgan fingerprint density at radius 1 is 1.17 bits per heavy atom. The van der Waals surface area contributed by atoms with Crippen LogP contribution in [0.4, 0.5) is 24.7 Å². The molecule has 0 saturated heterocycles. The van der Waals surface area contributed by atoms with Gasteiger partial charge in [0.15, 0.2) is 0 Å². The first-order valence-electron chi connectivity index (χ1n) is 8.97. The molecule has 2 aromatic carbocycles. The number of fused-ring (bicyclic) bond motifs is 1. The molecule has 156 valence electrons. The van der Waals surface area contributed by atoms with Crippen molar-refractivity contribution < 1.29 is 22.6 Å². The smallest absolute Gasteiger partial charge is 0.470 e. The van der Waals surface area contributed by atoms with Crippen molar-refractivity contribution in [3.8, 4) is 5.75 Å². The van der Waals surface area contributed by atoms with E-state index in [0.29, 0.717) is 28.3 Å². The summed E-state index contributed by atoms with van der Waals surface area (Å²) in [4.78, 5) is 4.21. The summed E-state index contributed by atoms with van der Waals surface area (Å²) in [5, 5.41) is 8.55. The molecule has 1 atom stereocenters. The zero-order chi connectivity index (χ0) is 21.3. The number of alkyl halides is 3. The zero-order valence-corrected chi connectivity index (χ0v) is 15.8. The number of benzene rings is 2. The number of nitrogens with zero attached hydrogens (tertiary/aromatic N) is 3. The lowest BCUT2D eigenvalue weighted by Crippen LogP contribution is -2.36. The fourth-order valence-corrected chi connectivity index (χ4v) is 3.09. The predicted octanol–water partition coefficient (Wildman–Crippen LogP) is 3.93. The van der Waals surface area contributed by atoms with E-state index in [2.05, 4.69) is 15.4 Å². The number of hydrogen-bond donors (Lipinski definition) is 2. The minimum absolute atomic E-state index is 0.0485. The summed E-state index contributed by atoms with van der Waals surface area (Å²) in [6.45, 7) is 0.0485. The Hall–Kier alpha value is -3.69. The second-order valence-electron chi connectivity index (χ2n) is 6.57. The minimum Gasteiger partial charge on any atom is -0.496 e. The highest BCUT2D eigenvalue weighted by atomic mass is 19.4. The van der Waals surface area contributed by atoms with Gasteiger partial charge in [0.25, 0.3) is 6.35 Å². The molecule has 1 unspecified atom stereocenters. The largest absolute Gasteiger partial charge is 0.496 e. The van der Waals surface area contributed by atoms with Crippen LogP contribution in [-0.4, -0.2) is 35.5 Å². The van der Waals surface area contributed by atoms with E-state index in [-0.39, 0.29) is 6.54 Å². The van der Waals surface area contributed by atoms with Crippen molar-refractivity contribution in [1.29, 1.82) is 0 Å². The number of rotatable bonds is 5. The van der Waals surface area contributed by atoms with Crippen molar-refractivity contribution in [3.05, 3.63) is 60.2 Å². The Bertz CT molecular complexity index is 1100. The lowest BCUT2D eigenvalue weighted by molar-refractivity contribution is -0.0805. The van der Waals surface area contributed by atoms with Crippen molar-refractivity contribution >= 4 is 28.3 Å². The third kappa shape index (κ3) is 4.02. The van der Waals surface area contributed by atoms with Crippen molar-refractivity contribution in [3.63, 3.8) is 0 Å². The predicted molar refractivity (Wildman–Crippen MR) is 107 cm³/mol. The highest BCUT2D eigenvalue weighted by molar-refractivity contribution is 5.84. The fourth-order valence-electron chi connectivity index (χ4n) is 3.09. The van der Waals surface area contributed by atoms with E-state index in [0.717, 1.165) is 5.39 Å². The van der Waals surface area contributed by atoms with Gasteiger partial charge in [-0.2, -0.15) is 13.2 Å². The normalized spacial score (nSPS) is 16.3. The molecule has 0 bridgehead atoms. The van der Waals surface area contributed by atoms with Crippen LogP contribution in [0.2, 0.25) is 0 Å². The number of methoxy groups -OCH3 is 1. The van der Waals surface area contributed by atoms with E-state index in [9.17, 15) is 13.2 Å². The first kappa shape index (κ1) is 19.6. The van der Waals surface area contributed by atoms with Crippen LogP contribution in [-0.2, 0) is 11.3 Å². The van der Waals surface area contributed by atoms with Crippen LogP contribution in [0.25, 0.3) is 10.9 Å². The second-order valence-corrected chi connectivity index (χ2v) is 6.57. The molecular formula is C20H18F3N5O2. The van der Waals surface area contributed by atoms with Gasteiger partial charge in [-0.05, 0) is 36.4 Å². The van der Waals surface area contributed by atoms with Crippen LogP contribution < -0.4 is 15.8 Å². The van der Waals surface area contributed by atoms with Crippen molar-refractivity contribution in [1.82, 2.24) is 9.99 Å². The number of nitrogens with two attached hydrogens (primary N) is 1. The zero-order valence-electron chi connectivity index (χ0n) is 15.8. The van der Waals surface area contributed by atoms with Crippen molar-refractivity contribution in [2.75, 3.05) is 18.2 Å². The molecule has 1 aliphatic rings. The van der Waals surface area contributed by atoms with Crippen molar-refractivity contribution in [2.24, 2.45) is 5.10 Å². The van der Waals surface area contributed by atoms with Gasteiger partial charge in [0, 0.05) is 16.6 Å². The molecule has 30 heavy (non-hydrogen) atoms. The highest BCUT2D eigenvalue weighted by Crippen LogP contribution is 2.30. The van der Waals surface area contributed by atoms with Gasteiger partial charge in [-0.15, -0.1) is 5.10 Å². The topological polar surface area (TPSA) is 85.0 Å². The molecule has 7 nitrogen and oxygen atoms in total. The number of pyridine rings is 1. The number of ether oxygens (including phenoxy) is 2. The SMILES string of the molecule is COc1ccccc1CN1N=C(C(F)(F)F)OC1Nc1ccc2nc(N)ccc2c1. The molecular weight excluding hydrogens is 399 g/mol. The number of halogens is 3. The maximum atomic E-state index is 13.2. The summed E-state index contributed by atoms with van der Waals surface area (Å²) < 4.78 is 50.0. The molecule has 1 aromatic heterocycles. The molecule has 3 aromatic rings. The van der Waals surface area contributed by atoms with Gasteiger partial charge < -0.3 is 20.5 Å². The van der Waals surface area contributed by atoms with Crippen molar-refractivity contribution in [2.45, 2.75) is 19.1 Å². The molecule has 0 spiro atoms. The molecule has 0 radical (unpaired) electrons. The number of nitrogen functional groups attached to an aromatic ring is 1. The molecule has 10 heteroatoms. The highest BCUT2D eigenvalue weighted by Gasteiger charge is 2.45. The second kappa shape index (κ2) is 7.62. The molecule has 2 heterocycles. The third-order valence-corrected chi connectivity index (χ3v) is 4.48. The maximum absolute atomic E-state index is 13.2. The Balaban J connectivity index is 1.61. The maximum Gasteiger partial charge on any atom is 0.470 e. The van der Waals surface area contributed by atoms with Crippen LogP contribution in [0.5, 0.6) is 5.75 Å². The van der Waals surface area contributed by atoms with Crippen LogP contribution >= 0.6 is 0 Å². The summed E-state index contributed by atoms with van der Waals surface area (Å²) in [6.07, 6.45) is -5.87. The Kier molecular flexibility index (Phi) is 4.98. The Morgan fingerprint density at radius 2 is 1.97 bits per heavy atom. The first-order chi connectivity index (χ1) is 14.3. The van der Waals surface area contributed by atoms with Gasteiger partial charge in [0.05, 0.1) is 19.2 Å². The third-order valence-electron chi connectivity index (χ3n) is 4.48. The van der Waals surface area contributed by atoms with E-state index in [4.69, 9.17) is 15.2 Å². The van der Waals surface area contributed by atoms with Gasteiger partial charge in [-0.1, -0.05) is 18.2 Å².